The maximum atomic E-state index is 11.2. The summed E-state index contributed by atoms with van der Waals surface area (Å²) in [6.07, 6.45) is 1.12. The van der Waals surface area contributed by atoms with Crippen molar-refractivity contribution in [2.45, 2.75) is 15.8 Å². The number of aromatic nitrogens is 3. The first-order valence-electron chi connectivity index (χ1n) is 4.63. The van der Waals surface area contributed by atoms with Gasteiger partial charge in [0.15, 0.2) is 4.34 Å². The molecule has 2 rings (SSSR count). The van der Waals surface area contributed by atoms with E-state index in [0.29, 0.717) is 15.1 Å². The fraction of sp³-hybridized carbons (Fsp3) is 0.111. The van der Waals surface area contributed by atoms with E-state index in [0.717, 1.165) is 11.8 Å². The number of halogens is 1. The number of aliphatic carboxylic acids is 1. The lowest BCUT2D eigenvalue weighted by Gasteiger charge is -1.97. The molecule has 0 atom stereocenters. The van der Waals surface area contributed by atoms with Crippen molar-refractivity contribution in [1.29, 1.82) is 0 Å². The van der Waals surface area contributed by atoms with E-state index in [4.69, 9.17) is 16.7 Å². The third kappa shape index (κ3) is 3.09. The molecule has 9 heteroatoms. The molecule has 0 unspecified atom stereocenters. The van der Waals surface area contributed by atoms with Crippen molar-refractivity contribution in [3.63, 3.8) is 0 Å². The summed E-state index contributed by atoms with van der Waals surface area (Å²) in [5.41, 5.74) is 0.0486. The van der Waals surface area contributed by atoms with Crippen LogP contribution < -0.4 is 5.56 Å². The van der Waals surface area contributed by atoms with E-state index < -0.39 is 11.5 Å². The third-order valence-electron chi connectivity index (χ3n) is 1.81. The van der Waals surface area contributed by atoms with Gasteiger partial charge in [-0.25, -0.2) is 9.97 Å². The van der Waals surface area contributed by atoms with Gasteiger partial charge in [-0.2, -0.15) is 0 Å². The minimum absolute atomic E-state index is 0.00233. The van der Waals surface area contributed by atoms with Crippen LogP contribution in [-0.4, -0.2) is 26.0 Å². The standard InChI is InChI=1S/C9H6ClN3O3S2/c10-6-7(16)11-3-12-8(6)18-9-13-4(2-17-9)1-5(14)15/h2-3H,1H2,(H,14,15)(H,11,12,16). The van der Waals surface area contributed by atoms with Gasteiger partial charge in [0.1, 0.15) is 10.0 Å². The van der Waals surface area contributed by atoms with Gasteiger partial charge < -0.3 is 10.1 Å². The Morgan fingerprint density at radius 2 is 2.39 bits per heavy atom. The first-order valence-corrected chi connectivity index (χ1v) is 6.71. The fourth-order valence-electron chi connectivity index (χ4n) is 1.09. The molecule has 0 spiro atoms. The van der Waals surface area contributed by atoms with Crippen LogP contribution in [0.15, 0.2) is 25.9 Å². The zero-order valence-electron chi connectivity index (χ0n) is 8.71. The van der Waals surface area contributed by atoms with Crippen molar-refractivity contribution in [1.82, 2.24) is 15.0 Å². The topological polar surface area (TPSA) is 95.9 Å². The number of aromatic amines is 1. The molecule has 0 bridgehead atoms. The van der Waals surface area contributed by atoms with Crippen LogP contribution in [0.4, 0.5) is 0 Å². The maximum Gasteiger partial charge on any atom is 0.309 e. The van der Waals surface area contributed by atoms with Crippen molar-refractivity contribution in [3.8, 4) is 0 Å². The Morgan fingerprint density at radius 1 is 1.61 bits per heavy atom. The average Bonchev–Trinajstić information content (AvgIpc) is 2.71. The van der Waals surface area contributed by atoms with Gasteiger partial charge in [-0.1, -0.05) is 11.6 Å². The highest BCUT2D eigenvalue weighted by Gasteiger charge is 2.11. The van der Waals surface area contributed by atoms with E-state index in [1.165, 1.54) is 17.7 Å². The average molecular weight is 304 g/mol. The SMILES string of the molecule is O=C(O)Cc1csc(Sc2nc[nH]c(=O)c2Cl)n1. The summed E-state index contributed by atoms with van der Waals surface area (Å²) >= 11 is 8.20. The molecule has 0 aromatic carbocycles. The molecular formula is C9H6ClN3O3S2. The van der Waals surface area contributed by atoms with Crippen molar-refractivity contribution in [2.24, 2.45) is 0 Å². The number of carbonyl (C=O) groups is 1. The monoisotopic (exact) mass is 303 g/mol. The molecular weight excluding hydrogens is 298 g/mol. The Kier molecular flexibility index (Phi) is 4.00. The molecule has 0 aliphatic rings. The Hall–Kier alpha value is -1.38. The van der Waals surface area contributed by atoms with Gasteiger partial charge in [0.05, 0.1) is 18.4 Å². The second kappa shape index (κ2) is 5.51. The van der Waals surface area contributed by atoms with Crippen LogP contribution in [0.2, 0.25) is 5.02 Å². The summed E-state index contributed by atoms with van der Waals surface area (Å²) in [5.74, 6) is -0.941. The molecule has 18 heavy (non-hydrogen) atoms. The summed E-state index contributed by atoms with van der Waals surface area (Å²) in [4.78, 5) is 32.1. The predicted octanol–water partition coefficient (Wildman–Crippen LogP) is 1.66. The van der Waals surface area contributed by atoms with Crippen LogP contribution in [0.25, 0.3) is 0 Å². The van der Waals surface area contributed by atoms with Crippen molar-refractivity contribution >= 4 is 40.7 Å². The summed E-state index contributed by atoms with van der Waals surface area (Å²) < 4.78 is 0.589. The molecule has 2 aromatic heterocycles. The van der Waals surface area contributed by atoms with Gasteiger partial charge in [-0.15, -0.1) is 11.3 Å². The number of hydrogen-bond acceptors (Lipinski definition) is 6. The van der Waals surface area contributed by atoms with Crippen LogP contribution in [-0.2, 0) is 11.2 Å². The zero-order valence-corrected chi connectivity index (χ0v) is 11.1. The van der Waals surface area contributed by atoms with Crippen molar-refractivity contribution in [3.05, 3.63) is 32.8 Å². The van der Waals surface area contributed by atoms with E-state index in [9.17, 15) is 9.59 Å². The van der Waals surface area contributed by atoms with Gasteiger partial charge >= 0.3 is 5.97 Å². The van der Waals surface area contributed by atoms with E-state index in [-0.39, 0.29) is 11.4 Å². The lowest BCUT2D eigenvalue weighted by molar-refractivity contribution is -0.136. The number of rotatable bonds is 4. The van der Waals surface area contributed by atoms with Gasteiger partial charge in [0.2, 0.25) is 0 Å². The molecule has 0 saturated heterocycles. The van der Waals surface area contributed by atoms with Crippen LogP contribution in [0.5, 0.6) is 0 Å². The molecule has 2 aromatic rings. The first kappa shape index (κ1) is 13.1. The number of carboxylic acid groups (broad SMARTS) is 1. The quantitative estimate of drug-likeness (QED) is 0.834. The Morgan fingerprint density at radius 3 is 3.11 bits per heavy atom. The van der Waals surface area contributed by atoms with E-state index in [1.54, 1.807) is 5.38 Å². The van der Waals surface area contributed by atoms with Gasteiger partial charge in [0, 0.05) is 5.38 Å². The smallest absolute Gasteiger partial charge is 0.309 e. The van der Waals surface area contributed by atoms with Crippen molar-refractivity contribution < 1.29 is 9.90 Å². The molecule has 0 fully saturated rings. The first-order chi connectivity index (χ1) is 8.56. The largest absolute Gasteiger partial charge is 0.481 e. The maximum absolute atomic E-state index is 11.2. The zero-order chi connectivity index (χ0) is 13.1. The molecule has 0 amide bonds. The second-order valence-corrected chi connectivity index (χ2v) is 5.60. The van der Waals surface area contributed by atoms with Gasteiger partial charge in [0.25, 0.3) is 5.56 Å². The lowest BCUT2D eigenvalue weighted by atomic mass is 10.3. The molecule has 0 aliphatic carbocycles. The van der Waals surface area contributed by atoms with Crippen LogP contribution >= 0.6 is 34.7 Å². The van der Waals surface area contributed by atoms with E-state index in [2.05, 4.69) is 15.0 Å². The fourth-order valence-corrected chi connectivity index (χ4v) is 3.04. The Balaban J connectivity index is 2.19. The van der Waals surface area contributed by atoms with Crippen LogP contribution in [0, 0.1) is 0 Å². The highest BCUT2D eigenvalue weighted by molar-refractivity contribution is 8.01. The number of hydrogen-bond donors (Lipinski definition) is 2. The molecule has 0 radical (unpaired) electrons. The second-order valence-electron chi connectivity index (χ2n) is 3.13. The molecule has 6 nitrogen and oxygen atoms in total. The van der Waals surface area contributed by atoms with E-state index in [1.807, 2.05) is 0 Å². The minimum atomic E-state index is -0.941. The summed E-state index contributed by atoms with van der Waals surface area (Å²) in [5, 5.41) is 10.6. The summed E-state index contributed by atoms with van der Waals surface area (Å²) in [6.45, 7) is 0. The Bertz CT molecular complexity index is 640. The molecule has 2 N–H and O–H groups in total. The van der Waals surface area contributed by atoms with Gasteiger partial charge in [-0.05, 0) is 11.8 Å². The van der Waals surface area contributed by atoms with Crippen LogP contribution in [0.3, 0.4) is 0 Å². The Labute approximate surface area is 114 Å². The highest BCUT2D eigenvalue weighted by atomic mass is 35.5. The number of nitrogens with one attached hydrogen (secondary N) is 1. The minimum Gasteiger partial charge on any atom is -0.481 e. The highest BCUT2D eigenvalue weighted by Crippen LogP contribution is 2.31. The predicted molar refractivity (Wildman–Crippen MR) is 67.4 cm³/mol. The third-order valence-corrected chi connectivity index (χ3v) is 4.26. The number of H-pyrrole nitrogens is 1. The number of nitrogens with zero attached hydrogens (tertiary/aromatic N) is 2. The summed E-state index contributed by atoms with van der Waals surface area (Å²) in [7, 11) is 0. The molecule has 2 heterocycles. The van der Waals surface area contributed by atoms with Gasteiger partial charge in [-0.3, -0.25) is 9.59 Å². The van der Waals surface area contributed by atoms with E-state index >= 15 is 0 Å². The summed E-state index contributed by atoms with van der Waals surface area (Å²) in [6, 6.07) is 0. The lowest BCUT2D eigenvalue weighted by Crippen LogP contribution is -2.07. The number of thiazole rings is 1. The normalized spacial score (nSPS) is 10.5. The molecule has 0 aliphatic heterocycles. The molecule has 94 valence electrons. The van der Waals surface area contributed by atoms with Crippen LogP contribution in [0.1, 0.15) is 5.69 Å². The van der Waals surface area contributed by atoms with Crippen molar-refractivity contribution in [2.75, 3.05) is 0 Å². The number of carboxylic acids is 1. The molecule has 0 saturated carbocycles.